The van der Waals surface area contributed by atoms with Gasteiger partial charge >= 0.3 is 5.97 Å². The highest BCUT2D eigenvalue weighted by Crippen LogP contribution is 2.44. The van der Waals surface area contributed by atoms with Gasteiger partial charge in [-0.15, -0.1) is 0 Å². The summed E-state index contributed by atoms with van der Waals surface area (Å²) >= 11 is 0. The number of benzene rings is 1. The lowest BCUT2D eigenvalue weighted by atomic mass is 9.69. The fourth-order valence-corrected chi connectivity index (χ4v) is 4.04. The number of hydrogen-bond donors (Lipinski definition) is 0. The molecule has 148 valence electrons. The molecule has 1 aliphatic heterocycles. The molecule has 0 amide bonds. The van der Waals surface area contributed by atoms with Gasteiger partial charge in [0.05, 0.1) is 22.5 Å². The summed E-state index contributed by atoms with van der Waals surface area (Å²) in [4.78, 5) is 41.2. The third-order valence-electron chi connectivity index (χ3n) is 5.26. The Balaban J connectivity index is 2.19. The van der Waals surface area contributed by atoms with Gasteiger partial charge in [0.15, 0.2) is 0 Å². The van der Waals surface area contributed by atoms with Crippen LogP contribution in [0.3, 0.4) is 0 Å². The number of Topliss-reactive ketones (excluding diaryl/α,β-unsaturated/α-hetero) is 1. The minimum Gasteiger partial charge on any atom is -0.460 e. The van der Waals surface area contributed by atoms with Crippen LogP contribution in [0.25, 0.3) is 0 Å². The fourth-order valence-electron chi connectivity index (χ4n) is 4.04. The number of rotatable bonds is 4. The summed E-state index contributed by atoms with van der Waals surface area (Å²) in [6.07, 6.45) is 1.51. The number of hydrogen-bond acceptors (Lipinski definition) is 6. The molecule has 1 fully saturated rings. The van der Waals surface area contributed by atoms with Gasteiger partial charge in [-0.05, 0) is 46.1 Å². The van der Waals surface area contributed by atoms with E-state index in [1.807, 2.05) is 0 Å². The molecular weight excluding hydrogens is 360 g/mol. The van der Waals surface area contributed by atoms with Crippen LogP contribution in [0.5, 0.6) is 0 Å². The number of aliphatic imine (C=N–C) groups is 1. The molecule has 0 bridgehead atoms. The number of ether oxygens (including phenoxy) is 1. The molecule has 1 aliphatic carbocycles. The SMILES string of the molecule is CC1=C(C(=O)OC(C)C)[C@H](c2ccc(C)c([N+](=O)[O-])c2)C2C(=O)CCCC2=N1. The average Bonchev–Trinajstić information content (AvgIpc) is 2.60. The molecule has 7 nitrogen and oxygen atoms in total. The van der Waals surface area contributed by atoms with Crippen LogP contribution >= 0.6 is 0 Å². The molecule has 2 atom stereocenters. The summed E-state index contributed by atoms with van der Waals surface area (Å²) in [6, 6.07) is 4.89. The van der Waals surface area contributed by atoms with Crippen LogP contribution in [0.2, 0.25) is 0 Å². The van der Waals surface area contributed by atoms with E-state index in [0.29, 0.717) is 35.2 Å². The number of ketones is 1. The predicted octanol–water partition coefficient (Wildman–Crippen LogP) is 4.04. The van der Waals surface area contributed by atoms with Crippen molar-refractivity contribution in [3.05, 3.63) is 50.7 Å². The summed E-state index contributed by atoms with van der Waals surface area (Å²) in [6.45, 7) is 6.90. The largest absolute Gasteiger partial charge is 0.460 e. The van der Waals surface area contributed by atoms with Crippen molar-refractivity contribution < 1.29 is 19.2 Å². The smallest absolute Gasteiger partial charge is 0.336 e. The highest BCUT2D eigenvalue weighted by molar-refractivity contribution is 6.11. The Hall–Kier alpha value is -2.83. The van der Waals surface area contributed by atoms with Gasteiger partial charge in [0, 0.05) is 35.4 Å². The summed E-state index contributed by atoms with van der Waals surface area (Å²) in [5, 5.41) is 11.4. The second kappa shape index (κ2) is 7.66. The maximum Gasteiger partial charge on any atom is 0.336 e. The van der Waals surface area contributed by atoms with Crippen LogP contribution in [-0.4, -0.2) is 28.5 Å². The Labute approximate surface area is 163 Å². The quantitative estimate of drug-likeness (QED) is 0.443. The molecular formula is C21H24N2O5. The second-order valence-electron chi connectivity index (χ2n) is 7.63. The lowest BCUT2D eigenvalue weighted by molar-refractivity contribution is -0.385. The lowest BCUT2D eigenvalue weighted by Crippen LogP contribution is -2.39. The van der Waals surface area contributed by atoms with E-state index >= 15 is 0 Å². The standard InChI is InChI=1S/C21H24N2O5/c1-11(2)28-21(25)18-13(4)22-15-6-5-7-17(24)20(15)19(18)14-9-8-12(3)16(10-14)23(26)27/h8-11,19-20H,5-7H2,1-4H3/t19-,20?/m0/s1. The van der Waals surface area contributed by atoms with E-state index in [0.717, 1.165) is 12.1 Å². The van der Waals surface area contributed by atoms with Crippen molar-refractivity contribution >= 4 is 23.2 Å². The number of fused-ring (bicyclic) bond motifs is 1. The molecule has 7 heteroatoms. The highest BCUT2D eigenvalue weighted by Gasteiger charge is 2.44. The third-order valence-corrected chi connectivity index (χ3v) is 5.26. The molecule has 0 saturated heterocycles. The Morgan fingerprint density at radius 3 is 2.61 bits per heavy atom. The first-order chi connectivity index (χ1) is 13.2. The second-order valence-corrected chi connectivity index (χ2v) is 7.63. The molecule has 1 unspecified atom stereocenters. The van der Waals surface area contributed by atoms with Crippen molar-refractivity contribution in [3.63, 3.8) is 0 Å². The zero-order chi connectivity index (χ0) is 20.6. The first kappa shape index (κ1) is 19.9. The Morgan fingerprint density at radius 1 is 1.25 bits per heavy atom. The third kappa shape index (κ3) is 3.61. The van der Waals surface area contributed by atoms with Crippen molar-refractivity contribution in [3.8, 4) is 0 Å². The van der Waals surface area contributed by atoms with Crippen LogP contribution in [-0.2, 0) is 14.3 Å². The molecule has 0 N–H and O–H groups in total. The number of carbonyl (C=O) groups is 2. The van der Waals surface area contributed by atoms with Crippen LogP contribution in [0, 0.1) is 23.0 Å². The van der Waals surface area contributed by atoms with Crippen molar-refractivity contribution in [2.75, 3.05) is 0 Å². The van der Waals surface area contributed by atoms with Gasteiger partial charge in [-0.1, -0.05) is 12.1 Å². The molecule has 28 heavy (non-hydrogen) atoms. The van der Waals surface area contributed by atoms with Gasteiger partial charge in [0.1, 0.15) is 5.78 Å². The van der Waals surface area contributed by atoms with Gasteiger partial charge < -0.3 is 4.74 Å². The molecule has 1 saturated carbocycles. The van der Waals surface area contributed by atoms with E-state index in [-0.39, 0.29) is 17.6 Å². The monoisotopic (exact) mass is 384 g/mol. The van der Waals surface area contributed by atoms with E-state index in [1.165, 1.54) is 6.07 Å². The molecule has 0 spiro atoms. The molecule has 1 aromatic carbocycles. The lowest BCUT2D eigenvalue weighted by Gasteiger charge is -2.35. The number of nitro groups is 1. The highest BCUT2D eigenvalue weighted by atomic mass is 16.6. The first-order valence-electron chi connectivity index (χ1n) is 9.47. The van der Waals surface area contributed by atoms with Crippen LogP contribution in [0.4, 0.5) is 5.69 Å². The normalized spacial score (nSPS) is 22.0. The van der Waals surface area contributed by atoms with E-state index in [1.54, 1.807) is 39.8 Å². The van der Waals surface area contributed by atoms with Gasteiger partial charge in [0.2, 0.25) is 0 Å². The summed E-state index contributed by atoms with van der Waals surface area (Å²) in [5.74, 6) is -1.71. The first-order valence-corrected chi connectivity index (χ1v) is 9.47. The van der Waals surface area contributed by atoms with Crippen molar-refractivity contribution in [2.45, 2.75) is 59.0 Å². The summed E-state index contributed by atoms with van der Waals surface area (Å²) < 4.78 is 5.42. The Bertz CT molecular complexity index is 913. The minimum absolute atomic E-state index is 0.0144. The number of esters is 1. The van der Waals surface area contributed by atoms with E-state index < -0.39 is 22.7 Å². The minimum atomic E-state index is -0.620. The molecule has 1 aromatic rings. The van der Waals surface area contributed by atoms with Gasteiger partial charge in [0.25, 0.3) is 5.69 Å². The van der Waals surface area contributed by atoms with Crippen LogP contribution < -0.4 is 0 Å². The number of allylic oxidation sites excluding steroid dienone is 1. The van der Waals surface area contributed by atoms with Crippen LogP contribution in [0.15, 0.2) is 34.5 Å². The molecule has 3 rings (SSSR count). The maximum absolute atomic E-state index is 12.9. The average molecular weight is 384 g/mol. The van der Waals surface area contributed by atoms with Crippen molar-refractivity contribution in [1.29, 1.82) is 0 Å². The van der Waals surface area contributed by atoms with Crippen molar-refractivity contribution in [1.82, 2.24) is 0 Å². The zero-order valence-electron chi connectivity index (χ0n) is 16.5. The van der Waals surface area contributed by atoms with E-state index in [4.69, 9.17) is 4.74 Å². The number of nitro benzene ring substituents is 1. The summed E-state index contributed by atoms with van der Waals surface area (Å²) in [7, 11) is 0. The topological polar surface area (TPSA) is 98.9 Å². The predicted molar refractivity (Wildman–Crippen MR) is 104 cm³/mol. The zero-order valence-corrected chi connectivity index (χ0v) is 16.5. The van der Waals surface area contributed by atoms with E-state index in [2.05, 4.69) is 4.99 Å². The molecule has 0 radical (unpaired) electrons. The van der Waals surface area contributed by atoms with E-state index in [9.17, 15) is 19.7 Å². The van der Waals surface area contributed by atoms with Gasteiger partial charge in [-0.2, -0.15) is 0 Å². The maximum atomic E-state index is 12.9. The van der Waals surface area contributed by atoms with Crippen LogP contribution in [0.1, 0.15) is 57.1 Å². The summed E-state index contributed by atoms with van der Waals surface area (Å²) in [5.41, 5.74) is 2.65. The Morgan fingerprint density at radius 2 is 1.96 bits per heavy atom. The van der Waals surface area contributed by atoms with Gasteiger partial charge in [-0.25, -0.2) is 4.79 Å². The Kier molecular flexibility index (Phi) is 5.45. The number of nitrogens with zero attached hydrogens (tertiary/aromatic N) is 2. The molecule has 0 aromatic heterocycles. The fraction of sp³-hybridized carbons (Fsp3) is 0.476. The van der Waals surface area contributed by atoms with Crippen molar-refractivity contribution in [2.24, 2.45) is 10.9 Å². The number of aryl methyl sites for hydroxylation is 1. The molecule has 1 heterocycles. The number of carbonyl (C=O) groups excluding carboxylic acids is 2. The molecule has 2 aliphatic rings. The van der Waals surface area contributed by atoms with Gasteiger partial charge in [-0.3, -0.25) is 19.9 Å².